The number of benzene rings is 1. The number of nitrogens with one attached hydrogen (secondary N) is 1. The van der Waals surface area contributed by atoms with Crippen molar-refractivity contribution in [2.75, 3.05) is 19.0 Å². The molecule has 0 aliphatic heterocycles. The van der Waals surface area contributed by atoms with E-state index in [1.807, 2.05) is 37.3 Å². The molecule has 5 nitrogen and oxygen atoms in total. The van der Waals surface area contributed by atoms with Gasteiger partial charge in [0.05, 0.1) is 18.0 Å². The van der Waals surface area contributed by atoms with Crippen LogP contribution in [-0.4, -0.2) is 35.8 Å². The lowest BCUT2D eigenvalue weighted by atomic mass is 10.1. The van der Waals surface area contributed by atoms with E-state index in [9.17, 15) is 4.79 Å². The van der Waals surface area contributed by atoms with Crippen molar-refractivity contribution in [3.8, 4) is 0 Å². The SMILES string of the molecule is COC(CNc1cc(C)nc2ccccc12)CC(=O)O. The standard InChI is InChI=1S/C15H18N2O3/c1-10-7-14(12-5-3-4-6-13(12)17-10)16-9-11(20-2)8-15(18)19/h3-7,11H,8-9H2,1-2H3,(H,16,17)(H,18,19). The topological polar surface area (TPSA) is 71.5 Å². The third kappa shape index (κ3) is 3.45. The highest BCUT2D eigenvalue weighted by Gasteiger charge is 2.12. The van der Waals surface area contributed by atoms with Crippen LogP contribution < -0.4 is 5.32 Å². The molecular weight excluding hydrogens is 256 g/mol. The number of anilines is 1. The number of aromatic nitrogens is 1. The van der Waals surface area contributed by atoms with Crippen molar-refractivity contribution >= 4 is 22.6 Å². The van der Waals surface area contributed by atoms with Crippen molar-refractivity contribution < 1.29 is 14.6 Å². The zero-order chi connectivity index (χ0) is 14.5. The molecule has 0 saturated heterocycles. The number of carboxylic acid groups (broad SMARTS) is 1. The molecule has 1 atom stereocenters. The minimum atomic E-state index is -0.866. The Balaban J connectivity index is 2.18. The Bertz CT molecular complexity index is 613. The number of pyridine rings is 1. The van der Waals surface area contributed by atoms with Crippen molar-refractivity contribution in [3.63, 3.8) is 0 Å². The molecule has 0 amide bonds. The summed E-state index contributed by atoms with van der Waals surface area (Å²) >= 11 is 0. The number of fused-ring (bicyclic) bond motifs is 1. The van der Waals surface area contributed by atoms with E-state index >= 15 is 0 Å². The molecule has 0 aliphatic carbocycles. The molecule has 106 valence electrons. The molecule has 0 saturated carbocycles. The predicted molar refractivity (Wildman–Crippen MR) is 78.0 cm³/mol. The summed E-state index contributed by atoms with van der Waals surface area (Å²) in [4.78, 5) is 15.2. The summed E-state index contributed by atoms with van der Waals surface area (Å²) in [6, 6.07) is 9.80. The molecule has 2 aromatic rings. The van der Waals surface area contributed by atoms with E-state index in [-0.39, 0.29) is 12.5 Å². The van der Waals surface area contributed by atoms with E-state index in [1.54, 1.807) is 0 Å². The predicted octanol–water partition coefficient (Wildman–Crippen LogP) is 2.44. The summed E-state index contributed by atoms with van der Waals surface area (Å²) in [6.07, 6.45) is -0.384. The van der Waals surface area contributed by atoms with Crippen molar-refractivity contribution in [3.05, 3.63) is 36.0 Å². The van der Waals surface area contributed by atoms with E-state index in [2.05, 4.69) is 10.3 Å². The highest BCUT2D eigenvalue weighted by atomic mass is 16.5. The Morgan fingerprint density at radius 3 is 2.90 bits per heavy atom. The van der Waals surface area contributed by atoms with Crippen LogP contribution in [0.4, 0.5) is 5.69 Å². The molecule has 0 fully saturated rings. The minimum absolute atomic E-state index is 0.0223. The zero-order valence-corrected chi connectivity index (χ0v) is 11.6. The lowest BCUT2D eigenvalue weighted by Gasteiger charge is -2.16. The lowest BCUT2D eigenvalue weighted by Crippen LogP contribution is -2.25. The van der Waals surface area contributed by atoms with Crippen molar-refractivity contribution in [1.82, 2.24) is 4.98 Å². The smallest absolute Gasteiger partial charge is 0.306 e. The van der Waals surface area contributed by atoms with Crippen LogP contribution in [0.2, 0.25) is 0 Å². The number of para-hydroxylation sites is 1. The van der Waals surface area contributed by atoms with Gasteiger partial charge in [0.1, 0.15) is 0 Å². The van der Waals surface area contributed by atoms with Gasteiger partial charge in [-0.15, -0.1) is 0 Å². The second-order valence-corrected chi connectivity index (χ2v) is 4.66. The van der Waals surface area contributed by atoms with E-state index in [1.165, 1.54) is 7.11 Å². The van der Waals surface area contributed by atoms with Crippen LogP contribution >= 0.6 is 0 Å². The molecule has 5 heteroatoms. The van der Waals surface area contributed by atoms with Gasteiger partial charge in [0.2, 0.25) is 0 Å². The maximum atomic E-state index is 10.7. The third-order valence-corrected chi connectivity index (χ3v) is 3.10. The normalized spacial score (nSPS) is 12.3. The Morgan fingerprint density at radius 1 is 1.45 bits per heavy atom. The number of methoxy groups -OCH3 is 1. The van der Waals surface area contributed by atoms with Gasteiger partial charge in [0.25, 0.3) is 0 Å². The van der Waals surface area contributed by atoms with Crippen LogP contribution in [0, 0.1) is 6.92 Å². The summed E-state index contributed by atoms with van der Waals surface area (Å²) in [5.74, 6) is -0.866. The molecule has 0 bridgehead atoms. The van der Waals surface area contributed by atoms with E-state index in [4.69, 9.17) is 9.84 Å². The second kappa shape index (κ2) is 6.34. The van der Waals surface area contributed by atoms with Crippen LogP contribution in [-0.2, 0) is 9.53 Å². The van der Waals surface area contributed by atoms with Crippen molar-refractivity contribution in [1.29, 1.82) is 0 Å². The zero-order valence-electron chi connectivity index (χ0n) is 11.6. The maximum absolute atomic E-state index is 10.7. The number of carbonyl (C=O) groups is 1. The first-order valence-corrected chi connectivity index (χ1v) is 6.45. The van der Waals surface area contributed by atoms with Crippen LogP contribution in [0.25, 0.3) is 10.9 Å². The number of hydrogen-bond donors (Lipinski definition) is 2. The Kier molecular flexibility index (Phi) is 4.53. The largest absolute Gasteiger partial charge is 0.481 e. The minimum Gasteiger partial charge on any atom is -0.481 e. The molecule has 1 heterocycles. The van der Waals surface area contributed by atoms with Gasteiger partial charge in [-0.1, -0.05) is 18.2 Å². The number of carboxylic acids is 1. The average molecular weight is 274 g/mol. The second-order valence-electron chi connectivity index (χ2n) is 4.66. The summed E-state index contributed by atoms with van der Waals surface area (Å²) in [6.45, 7) is 2.37. The van der Waals surface area contributed by atoms with Gasteiger partial charge in [-0.25, -0.2) is 0 Å². The number of ether oxygens (including phenoxy) is 1. The fourth-order valence-electron chi connectivity index (χ4n) is 2.11. The molecule has 0 spiro atoms. The number of rotatable bonds is 6. The fourth-order valence-corrected chi connectivity index (χ4v) is 2.11. The summed E-state index contributed by atoms with van der Waals surface area (Å²) in [5, 5.41) is 13.1. The van der Waals surface area contributed by atoms with E-state index in [0.29, 0.717) is 6.54 Å². The Hall–Kier alpha value is -2.14. The van der Waals surface area contributed by atoms with Gasteiger partial charge in [0.15, 0.2) is 0 Å². The van der Waals surface area contributed by atoms with Crippen LogP contribution in [0.5, 0.6) is 0 Å². The quantitative estimate of drug-likeness (QED) is 0.846. The Labute approximate surface area is 117 Å². The molecular formula is C15H18N2O3. The number of hydrogen-bond acceptors (Lipinski definition) is 4. The van der Waals surface area contributed by atoms with Gasteiger partial charge in [-0.3, -0.25) is 9.78 Å². The first-order chi connectivity index (χ1) is 9.60. The molecule has 0 radical (unpaired) electrons. The molecule has 0 aliphatic rings. The highest BCUT2D eigenvalue weighted by Crippen LogP contribution is 2.23. The average Bonchev–Trinajstić information content (AvgIpc) is 2.42. The van der Waals surface area contributed by atoms with Crippen LogP contribution in [0.1, 0.15) is 12.1 Å². The molecule has 2 N–H and O–H groups in total. The van der Waals surface area contributed by atoms with Crippen LogP contribution in [0.15, 0.2) is 30.3 Å². The number of aryl methyl sites for hydroxylation is 1. The van der Waals surface area contributed by atoms with E-state index < -0.39 is 5.97 Å². The van der Waals surface area contributed by atoms with Gasteiger partial charge in [-0.2, -0.15) is 0 Å². The van der Waals surface area contributed by atoms with Gasteiger partial charge in [-0.05, 0) is 19.1 Å². The van der Waals surface area contributed by atoms with Crippen LogP contribution in [0.3, 0.4) is 0 Å². The molecule has 1 aromatic carbocycles. The summed E-state index contributed by atoms with van der Waals surface area (Å²) in [7, 11) is 1.52. The molecule has 20 heavy (non-hydrogen) atoms. The van der Waals surface area contributed by atoms with Gasteiger partial charge >= 0.3 is 5.97 Å². The molecule has 1 aromatic heterocycles. The molecule has 2 rings (SSSR count). The number of aliphatic carboxylic acids is 1. The highest BCUT2D eigenvalue weighted by molar-refractivity contribution is 5.91. The first kappa shape index (κ1) is 14.3. The fraction of sp³-hybridized carbons (Fsp3) is 0.333. The lowest BCUT2D eigenvalue weighted by molar-refractivity contribution is -0.139. The maximum Gasteiger partial charge on any atom is 0.306 e. The summed E-state index contributed by atoms with van der Waals surface area (Å²) in [5.41, 5.74) is 2.78. The van der Waals surface area contributed by atoms with Crippen molar-refractivity contribution in [2.24, 2.45) is 0 Å². The first-order valence-electron chi connectivity index (χ1n) is 6.45. The van der Waals surface area contributed by atoms with Crippen molar-refractivity contribution in [2.45, 2.75) is 19.4 Å². The molecule has 1 unspecified atom stereocenters. The van der Waals surface area contributed by atoms with E-state index in [0.717, 1.165) is 22.3 Å². The van der Waals surface area contributed by atoms with Gasteiger partial charge < -0.3 is 15.2 Å². The monoisotopic (exact) mass is 274 g/mol. The third-order valence-electron chi connectivity index (χ3n) is 3.10. The number of nitrogens with zero attached hydrogens (tertiary/aromatic N) is 1. The van der Waals surface area contributed by atoms with Gasteiger partial charge in [0, 0.05) is 30.4 Å². The Morgan fingerprint density at radius 2 is 2.20 bits per heavy atom. The summed E-state index contributed by atoms with van der Waals surface area (Å²) < 4.78 is 5.17.